The summed E-state index contributed by atoms with van der Waals surface area (Å²) in [5, 5.41) is 0. The second-order valence-electron chi connectivity index (χ2n) is 3.69. The monoisotopic (exact) mass is 218 g/mol. The lowest BCUT2D eigenvalue weighted by molar-refractivity contribution is -0.0882. The van der Waals surface area contributed by atoms with Crippen molar-refractivity contribution in [1.82, 2.24) is 0 Å². The molecule has 15 heavy (non-hydrogen) atoms. The fourth-order valence-corrected chi connectivity index (χ4v) is 0.894. The normalized spacial score (nSPS) is 15.7. The maximum atomic E-state index is 12.5. The predicted molar refractivity (Wildman–Crippen MR) is 57.5 cm³/mol. The number of hydrogen-bond acceptors (Lipinski definition) is 0. The molecule has 0 spiro atoms. The van der Waals surface area contributed by atoms with Crippen LogP contribution in [0.2, 0.25) is 0 Å². The van der Waals surface area contributed by atoms with Crippen LogP contribution >= 0.6 is 0 Å². The second-order valence-corrected chi connectivity index (χ2v) is 3.69. The average Bonchev–Trinajstić information content (AvgIpc) is 2.09. The van der Waals surface area contributed by atoms with Gasteiger partial charge in [0.15, 0.2) is 0 Å². The molecule has 0 saturated carbocycles. The highest BCUT2D eigenvalue weighted by atomic mass is 19.4. The maximum Gasteiger partial charge on any atom is 0.416 e. The fourth-order valence-electron chi connectivity index (χ4n) is 0.894. The summed E-state index contributed by atoms with van der Waals surface area (Å²) in [5.74, 6) is 0.154. The molecule has 0 radical (unpaired) electrons. The van der Waals surface area contributed by atoms with Gasteiger partial charge in [-0.15, -0.1) is 0 Å². The van der Waals surface area contributed by atoms with Crippen molar-refractivity contribution in [3.05, 3.63) is 36.0 Å². The summed E-state index contributed by atoms with van der Waals surface area (Å²) in [6, 6.07) is 0. The van der Waals surface area contributed by atoms with E-state index >= 15 is 0 Å². The minimum absolute atomic E-state index is 0.154. The van der Waals surface area contributed by atoms with Crippen molar-refractivity contribution >= 4 is 0 Å². The molecule has 0 saturated heterocycles. The first kappa shape index (κ1) is 14.0. The van der Waals surface area contributed by atoms with E-state index in [0.29, 0.717) is 5.57 Å². The van der Waals surface area contributed by atoms with Crippen LogP contribution in [0.5, 0.6) is 0 Å². The number of allylic oxidation sites excluding steroid dienone is 5. The van der Waals surface area contributed by atoms with Crippen LogP contribution in [-0.4, -0.2) is 6.18 Å². The molecule has 0 heterocycles. The van der Waals surface area contributed by atoms with Crippen LogP contribution in [0.15, 0.2) is 36.0 Å². The lowest BCUT2D eigenvalue weighted by Crippen LogP contribution is -2.10. The highest BCUT2D eigenvalue weighted by Crippen LogP contribution is 2.28. The summed E-state index contributed by atoms with van der Waals surface area (Å²) >= 11 is 0. The van der Waals surface area contributed by atoms with E-state index in [0.717, 1.165) is 18.6 Å². The van der Waals surface area contributed by atoms with Gasteiger partial charge in [0.05, 0.1) is 5.57 Å². The van der Waals surface area contributed by atoms with Gasteiger partial charge in [-0.2, -0.15) is 13.2 Å². The smallest absolute Gasteiger partial charge is 0.166 e. The molecule has 3 heteroatoms. The Morgan fingerprint density at radius 2 is 1.93 bits per heavy atom. The molecule has 0 N–H and O–H groups in total. The van der Waals surface area contributed by atoms with E-state index in [1.807, 2.05) is 13.8 Å². The Morgan fingerprint density at radius 3 is 2.27 bits per heavy atom. The number of halogens is 3. The summed E-state index contributed by atoms with van der Waals surface area (Å²) in [6.45, 7) is 8.81. The van der Waals surface area contributed by atoms with E-state index in [9.17, 15) is 13.2 Å². The van der Waals surface area contributed by atoms with Crippen molar-refractivity contribution in [2.45, 2.75) is 33.4 Å². The van der Waals surface area contributed by atoms with Crippen molar-refractivity contribution < 1.29 is 13.2 Å². The van der Waals surface area contributed by atoms with E-state index in [-0.39, 0.29) is 5.92 Å². The van der Waals surface area contributed by atoms with Gasteiger partial charge in [-0.25, -0.2) is 0 Å². The van der Waals surface area contributed by atoms with Crippen molar-refractivity contribution in [2.75, 3.05) is 0 Å². The van der Waals surface area contributed by atoms with Crippen molar-refractivity contribution in [1.29, 1.82) is 0 Å². The van der Waals surface area contributed by atoms with Crippen LogP contribution in [0.1, 0.15) is 27.2 Å². The van der Waals surface area contributed by atoms with Gasteiger partial charge in [-0.05, 0) is 18.9 Å². The number of alkyl halides is 3. The van der Waals surface area contributed by atoms with Gasteiger partial charge < -0.3 is 0 Å². The molecule has 0 nitrogen and oxygen atoms in total. The Bertz CT molecular complexity index is 269. The molecular weight excluding hydrogens is 201 g/mol. The average molecular weight is 218 g/mol. The third-order valence-corrected chi connectivity index (χ3v) is 1.98. The summed E-state index contributed by atoms with van der Waals surface area (Å²) in [4.78, 5) is 0. The Hall–Kier alpha value is -0.990. The van der Waals surface area contributed by atoms with Gasteiger partial charge in [0, 0.05) is 0 Å². The van der Waals surface area contributed by atoms with Crippen LogP contribution in [0.25, 0.3) is 0 Å². The molecule has 0 fully saturated rings. The molecule has 0 bridgehead atoms. The third-order valence-electron chi connectivity index (χ3n) is 1.98. The van der Waals surface area contributed by atoms with Crippen LogP contribution in [-0.2, 0) is 0 Å². The molecule has 0 rings (SSSR count). The van der Waals surface area contributed by atoms with Crippen molar-refractivity contribution in [2.24, 2.45) is 5.92 Å². The second kappa shape index (κ2) is 5.79. The number of hydrogen-bond donors (Lipinski definition) is 0. The highest BCUT2D eigenvalue weighted by molar-refractivity contribution is 5.31. The zero-order chi connectivity index (χ0) is 12.1. The van der Waals surface area contributed by atoms with Crippen LogP contribution in [0, 0.1) is 5.92 Å². The largest absolute Gasteiger partial charge is 0.416 e. The molecule has 1 atom stereocenters. The zero-order valence-electron chi connectivity index (χ0n) is 9.36. The first-order chi connectivity index (χ1) is 6.77. The van der Waals surface area contributed by atoms with Gasteiger partial charge >= 0.3 is 6.18 Å². The highest BCUT2D eigenvalue weighted by Gasteiger charge is 2.31. The first-order valence-corrected chi connectivity index (χ1v) is 4.90. The molecule has 0 aromatic heterocycles. The van der Waals surface area contributed by atoms with Crippen molar-refractivity contribution in [3.63, 3.8) is 0 Å². The molecule has 0 aromatic carbocycles. The lowest BCUT2D eigenvalue weighted by Gasteiger charge is -2.08. The van der Waals surface area contributed by atoms with Gasteiger partial charge in [-0.3, -0.25) is 0 Å². The molecule has 0 aromatic rings. The molecule has 0 aliphatic rings. The van der Waals surface area contributed by atoms with Crippen LogP contribution in [0.4, 0.5) is 13.2 Å². The SMILES string of the molecule is C=C(C)/C=C(\C=C/C(C)CC)C(F)(F)F. The van der Waals surface area contributed by atoms with Gasteiger partial charge in [-0.1, -0.05) is 44.6 Å². The summed E-state index contributed by atoms with van der Waals surface area (Å²) in [7, 11) is 0. The quantitative estimate of drug-likeness (QED) is 0.602. The lowest BCUT2D eigenvalue weighted by atomic mass is 10.1. The Morgan fingerprint density at radius 1 is 1.40 bits per heavy atom. The van der Waals surface area contributed by atoms with Crippen molar-refractivity contribution in [3.8, 4) is 0 Å². The van der Waals surface area contributed by atoms with E-state index in [1.165, 1.54) is 0 Å². The van der Waals surface area contributed by atoms with E-state index < -0.39 is 11.7 Å². The Labute approximate surface area is 89.2 Å². The van der Waals surface area contributed by atoms with Gasteiger partial charge in [0.1, 0.15) is 0 Å². The minimum atomic E-state index is -4.30. The predicted octanol–water partition coefficient (Wildman–Crippen LogP) is 4.65. The minimum Gasteiger partial charge on any atom is -0.166 e. The topological polar surface area (TPSA) is 0 Å². The molecule has 0 aliphatic heterocycles. The molecular formula is C12H17F3. The van der Waals surface area contributed by atoms with Gasteiger partial charge in [0.25, 0.3) is 0 Å². The van der Waals surface area contributed by atoms with Crippen LogP contribution in [0.3, 0.4) is 0 Å². The number of rotatable bonds is 4. The Kier molecular flexibility index (Phi) is 5.40. The van der Waals surface area contributed by atoms with Gasteiger partial charge in [0.2, 0.25) is 0 Å². The maximum absolute atomic E-state index is 12.5. The molecule has 0 amide bonds. The van der Waals surface area contributed by atoms with Crippen LogP contribution < -0.4 is 0 Å². The van der Waals surface area contributed by atoms with E-state index in [1.54, 1.807) is 13.0 Å². The molecule has 0 aliphatic carbocycles. The third kappa shape index (κ3) is 6.15. The standard InChI is InChI=1S/C12H17F3/c1-5-10(4)6-7-11(8-9(2)3)12(13,14)15/h6-8,10H,2,5H2,1,3-4H3/b7-6-,11-8+. The van der Waals surface area contributed by atoms with E-state index in [4.69, 9.17) is 0 Å². The van der Waals surface area contributed by atoms with E-state index in [2.05, 4.69) is 6.58 Å². The summed E-state index contributed by atoms with van der Waals surface area (Å²) < 4.78 is 37.4. The first-order valence-electron chi connectivity index (χ1n) is 4.90. The zero-order valence-corrected chi connectivity index (χ0v) is 9.36. The summed E-state index contributed by atoms with van der Waals surface area (Å²) in [5.41, 5.74) is -0.244. The molecule has 1 unspecified atom stereocenters. The molecule has 86 valence electrons. The summed E-state index contributed by atoms with van der Waals surface area (Å²) in [6.07, 6.45) is 0.279. The fraction of sp³-hybridized carbons (Fsp3) is 0.500. The Balaban J connectivity index is 4.84.